The van der Waals surface area contributed by atoms with Gasteiger partial charge < -0.3 is 15.0 Å². The summed E-state index contributed by atoms with van der Waals surface area (Å²) in [5.74, 6) is -0.0295. The third kappa shape index (κ3) is 2.68. The van der Waals surface area contributed by atoms with Gasteiger partial charge in [-0.1, -0.05) is 0 Å². The fourth-order valence-electron chi connectivity index (χ4n) is 2.98. The van der Waals surface area contributed by atoms with Crippen LogP contribution in [0.5, 0.6) is 0 Å². The van der Waals surface area contributed by atoms with E-state index >= 15 is 0 Å². The van der Waals surface area contributed by atoms with E-state index in [2.05, 4.69) is 24.1 Å². The molecule has 1 aromatic heterocycles. The lowest BCUT2D eigenvalue weighted by molar-refractivity contribution is 0.0712. The Morgan fingerprint density at radius 3 is 2.95 bits per heavy atom. The third-order valence-corrected chi connectivity index (χ3v) is 4.45. The van der Waals surface area contributed by atoms with Gasteiger partial charge in [0.1, 0.15) is 0 Å². The number of ether oxygens (including phenoxy) is 1. The van der Waals surface area contributed by atoms with Crippen LogP contribution >= 0.6 is 0 Å². The number of H-pyrrole nitrogens is 1. The average molecular weight is 286 g/mol. The van der Waals surface area contributed by atoms with Gasteiger partial charge in [0.05, 0.1) is 12.1 Å². The Labute approximate surface area is 124 Å². The van der Waals surface area contributed by atoms with Crippen LogP contribution in [0.15, 0.2) is 18.2 Å². The molecule has 0 aliphatic carbocycles. The summed E-state index contributed by atoms with van der Waals surface area (Å²) in [6.45, 7) is 6.94. The summed E-state index contributed by atoms with van der Waals surface area (Å²) in [6, 6.07) is 5.85. The molecule has 1 amide bonds. The van der Waals surface area contributed by atoms with Crippen molar-refractivity contribution >= 4 is 16.8 Å². The monoisotopic (exact) mass is 286 g/mol. The van der Waals surface area contributed by atoms with E-state index in [0.29, 0.717) is 5.56 Å². The van der Waals surface area contributed by atoms with Crippen LogP contribution < -0.4 is 5.32 Å². The number of rotatable bonds is 3. The normalized spacial score (nSPS) is 19.9. The highest BCUT2D eigenvalue weighted by Crippen LogP contribution is 2.22. The zero-order valence-corrected chi connectivity index (χ0v) is 12.8. The van der Waals surface area contributed by atoms with Gasteiger partial charge in [0.2, 0.25) is 0 Å². The van der Waals surface area contributed by atoms with Crippen molar-refractivity contribution in [3.63, 3.8) is 0 Å². The van der Waals surface area contributed by atoms with Gasteiger partial charge in [0.25, 0.3) is 5.91 Å². The smallest absolute Gasteiger partial charge is 0.251 e. The van der Waals surface area contributed by atoms with E-state index in [-0.39, 0.29) is 18.1 Å². The molecule has 1 aliphatic heterocycles. The molecule has 1 saturated heterocycles. The van der Waals surface area contributed by atoms with Crippen LogP contribution in [-0.4, -0.2) is 29.6 Å². The number of aryl methyl sites for hydroxylation is 2. The summed E-state index contributed by atoms with van der Waals surface area (Å²) >= 11 is 0. The second-order valence-corrected chi connectivity index (χ2v) is 5.95. The molecule has 2 N–H and O–H groups in total. The van der Waals surface area contributed by atoms with Gasteiger partial charge in [-0.2, -0.15) is 0 Å². The minimum absolute atomic E-state index is 0.0295. The largest absolute Gasteiger partial charge is 0.376 e. The number of hydrogen-bond donors (Lipinski definition) is 2. The van der Waals surface area contributed by atoms with Gasteiger partial charge >= 0.3 is 0 Å². The van der Waals surface area contributed by atoms with E-state index in [1.165, 1.54) is 5.56 Å². The number of aromatic amines is 1. The predicted molar refractivity (Wildman–Crippen MR) is 83.7 cm³/mol. The molecule has 0 saturated carbocycles. The molecule has 2 aromatic rings. The van der Waals surface area contributed by atoms with Crippen molar-refractivity contribution < 1.29 is 9.53 Å². The maximum absolute atomic E-state index is 12.4. The van der Waals surface area contributed by atoms with Gasteiger partial charge in [-0.05, 0) is 57.4 Å². The van der Waals surface area contributed by atoms with Crippen LogP contribution in [0.4, 0.5) is 0 Å². The maximum Gasteiger partial charge on any atom is 0.251 e. The quantitative estimate of drug-likeness (QED) is 0.911. The lowest BCUT2D eigenvalue weighted by Crippen LogP contribution is -2.40. The van der Waals surface area contributed by atoms with E-state index in [0.717, 1.165) is 36.0 Å². The average Bonchev–Trinajstić information content (AvgIpc) is 3.08. The number of carbonyl (C=O) groups excluding carboxylic acids is 1. The standard InChI is InChI=1S/C17H22N2O2/c1-10-11(2)18-15-7-6-13(9-14(10)15)17(20)19-12(3)16-5-4-8-21-16/h6-7,9,12,16,18H,4-5,8H2,1-3H3,(H,19,20). The predicted octanol–water partition coefficient (Wildman–Crippen LogP) is 3.08. The fourth-order valence-corrected chi connectivity index (χ4v) is 2.98. The molecule has 2 atom stereocenters. The molecule has 2 heterocycles. The van der Waals surface area contributed by atoms with E-state index in [4.69, 9.17) is 4.74 Å². The minimum Gasteiger partial charge on any atom is -0.376 e. The van der Waals surface area contributed by atoms with Crippen LogP contribution in [0.25, 0.3) is 10.9 Å². The molecule has 1 aliphatic rings. The highest BCUT2D eigenvalue weighted by atomic mass is 16.5. The minimum atomic E-state index is -0.0295. The SMILES string of the molecule is Cc1[nH]c2ccc(C(=O)NC(C)C3CCCO3)cc2c1C. The first kappa shape index (κ1) is 14.1. The Bertz CT molecular complexity index is 669. The molecule has 3 rings (SSSR count). The number of aromatic nitrogens is 1. The highest BCUT2D eigenvalue weighted by Gasteiger charge is 2.24. The lowest BCUT2D eigenvalue weighted by atomic mass is 10.1. The van der Waals surface area contributed by atoms with E-state index in [9.17, 15) is 4.79 Å². The van der Waals surface area contributed by atoms with Gasteiger partial charge in [0, 0.05) is 28.8 Å². The fraction of sp³-hybridized carbons (Fsp3) is 0.471. The van der Waals surface area contributed by atoms with Gasteiger partial charge in [0.15, 0.2) is 0 Å². The van der Waals surface area contributed by atoms with Crippen LogP contribution in [-0.2, 0) is 4.74 Å². The topological polar surface area (TPSA) is 54.1 Å². The zero-order valence-electron chi connectivity index (χ0n) is 12.8. The second kappa shape index (κ2) is 5.53. The third-order valence-electron chi connectivity index (χ3n) is 4.45. The van der Waals surface area contributed by atoms with Crippen LogP contribution in [0.2, 0.25) is 0 Å². The molecule has 0 spiro atoms. The Morgan fingerprint density at radius 2 is 2.24 bits per heavy atom. The van der Waals surface area contributed by atoms with E-state index in [1.807, 2.05) is 25.1 Å². The van der Waals surface area contributed by atoms with Crippen molar-refractivity contribution in [2.75, 3.05) is 6.61 Å². The molecule has 112 valence electrons. The lowest BCUT2D eigenvalue weighted by Gasteiger charge is -2.20. The molecule has 21 heavy (non-hydrogen) atoms. The summed E-state index contributed by atoms with van der Waals surface area (Å²) < 4.78 is 5.62. The van der Waals surface area contributed by atoms with E-state index in [1.54, 1.807) is 0 Å². The summed E-state index contributed by atoms with van der Waals surface area (Å²) in [6.07, 6.45) is 2.25. The van der Waals surface area contributed by atoms with Gasteiger partial charge in [-0.25, -0.2) is 0 Å². The van der Waals surface area contributed by atoms with Crippen LogP contribution in [0.3, 0.4) is 0 Å². The summed E-state index contributed by atoms with van der Waals surface area (Å²) in [7, 11) is 0. The number of amides is 1. The summed E-state index contributed by atoms with van der Waals surface area (Å²) in [5.41, 5.74) is 4.13. The first-order valence-electron chi connectivity index (χ1n) is 7.57. The maximum atomic E-state index is 12.4. The molecule has 0 bridgehead atoms. The van der Waals surface area contributed by atoms with Crippen molar-refractivity contribution in [2.45, 2.75) is 45.8 Å². The van der Waals surface area contributed by atoms with Gasteiger partial charge in [-0.15, -0.1) is 0 Å². The van der Waals surface area contributed by atoms with E-state index < -0.39 is 0 Å². The Morgan fingerprint density at radius 1 is 1.43 bits per heavy atom. The molecule has 1 fully saturated rings. The zero-order chi connectivity index (χ0) is 15.0. The van der Waals surface area contributed by atoms with Crippen molar-refractivity contribution in [3.8, 4) is 0 Å². The van der Waals surface area contributed by atoms with Gasteiger partial charge in [-0.3, -0.25) is 4.79 Å². The Balaban J connectivity index is 1.79. The molecular weight excluding hydrogens is 264 g/mol. The first-order chi connectivity index (χ1) is 10.1. The number of benzene rings is 1. The highest BCUT2D eigenvalue weighted by molar-refractivity contribution is 5.99. The molecule has 1 aromatic carbocycles. The molecular formula is C17H22N2O2. The van der Waals surface area contributed by atoms with Crippen molar-refractivity contribution in [1.82, 2.24) is 10.3 Å². The molecule has 0 radical (unpaired) electrons. The molecule has 4 nitrogen and oxygen atoms in total. The Kier molecular flexibility index (Phi) is 3.72. The number of fused-ring (bicyclic) bond motifs is 1. The van der Waals surface area contributed by atoms with Crippen LogP contribution in [0, 0.1) is 13.8 Å². The summed E-state index contributed by atoms with van der Waals surface area (Å²) in [4.78, 5) is 15.7. The molecule has 4 heteroatoms. The number of nitrogens with one attached hydrogen (secondary N) is 2. The van der Waals surface area contributed by atoms with Crippen molar-refractivity contribution in [3.05, 3.63) is 35.0 Å². The first-order valence-corrected chi connectivity index (χ1v) is 7.57. The number of hydrogen-bond acceptors (Lipinski definition) is 2. The summed E-state index contributed by atoms with van der Waals surface area (Å²) in [5, 5.41) is 4.17. The van der Waals surface area contributed by atoms with Crippen molar-refractivity contribution in [1.29, 1.82) is 0 Å². The Hall–Kier alpha value is -1.81. The molecule has 2 unspecified atom stereocenters. The van der Waals surface area contributed by atoms with Crippen molar-refractivity contribution in [2.24, 2.45) is 0 Å². The number of carbonyl (C=O) groups is 1. The second-order valence-electron chi connectivity index (χ2n) is 5.95. The van der Waals surface area contributed by atoms with Crippen LogP contribution in [0.1, 0.15) is 41.4 Å².